The number of hydrogen-bond donors (Lipinski definition) is 2. The first-order valence-corrected chi connectivity index (χ1v) is 12.6. The molecule has 9 nitrogen and oxygen atoms in total. The number of rotatable bonds is 5. The zero-order chi connectivity index (χ0) is 23.0. The van der Waals surface area contributed by atoms with Crippen molar-refractivity contribution >= 4 is 50.3 Å². The van der Waals surface area contributed by atoms with Gasteiger partial charge in [0.2, 0.25) is 5.95 Å². The van der Waals surface area contributed by atoms with Crippen LogP contribution in [-0.4, -0.2) is 57.0 Å². The van der Waals surface area contributed by atoms with E-state index in [2.05, 4.69) is 25.5 Å². The standard InChI is InChI=1S/C22H22ClN5O4S/c1-33(29,30)20-5-3-2-4-17(20)26-21-16(23)11-24-22(27-21)25-14-6-7-18-19(10-14)32-13-15-12-31-9-8-28(15)18/h2-7,10-11,15H,8-9,12-13H2,1H3,(H2,24,25,26,27)/t15-/m1/s1. The Kier molecular flexibility index (Phi) is 5.73. The molecule has 3 heterocycles. The third kappa shape index (κ3) is 4.54. The van der Waals surface area contributed by atoms with Crippen LogP contribution in [0.25, 0.3) is 0 Å². The van der Waals surface area contributed by atoms with E-state index in [0.717, 1.165) is 29.9 Å². The number of nitrogens with one attached hydrogen (secondary N) is 2. The van der Waals surface area contributed by atoms with E-state index < -0.39 is 9.84 Å². The molecule has 0 spiro atoms. The molecule has 33 heavy (non-hydrogen) atoms. The van der Waals surface area contributed by atoms with Gasteiger partial charge in [-0.2, -0.15) is 4.98 Å². The van der Waals surface area contributed by atoms with Gasteiger partial charge in [-0.25, -0.2) is 13.4 Å². The zero-order valence-electron chi connectivity index (χ0n) is 17.8. The minimum atomic E-state index is -3.43. The molecule has 11 heteroatoms. The van der Waals surface area contributed by atoms with Crippen molar-refractivity contribution in [3.05, 3.63) is 53.7 Å². The maximum absolute atomic E-state index is 12.1. The lowest BCUT2D eigenvalue weighted by atomic mass is 10.1. The molecule has 0 unspecified atom stereocenters. The summed E-state index contributed by atoms with van der Waals surface area (Å²) in [5.74, 6) is 1.38. The van der Waals surface area contributed by atoms with E-state index in [1.54, 1.807) is 18.2 Å². The number of halogens is 1. The predicted octanol–water partition coefficient (Wildman–Crippen LogP) is 3.62. The topological polar surface area (TPSA) is 106 Å². The highest BCUT2D eigenvalue weighted by Gasteiger charge is 2.30. The van der Waals surface area contributed by atoms with Gasteiger partial charge in [-0.1, -0.05) is 23.7 Å². The Balaban J connectivity index is 1.39. The molecule has 1 fully saturated rings. The van der Waals surface area contributed by atoms with Crippen LogP contribution >= 0.6 is 11.6 Å². The van der Waals surface area contributed by atoms with Crippen LogP contribution in [0.1, 0.15) is 0 Å². The molecule has 3 aromatic rings. The molecule has 1 saturated heterocycles. The molecule has 2 N–H and O–H groups in total. The summed E-state index contributed by atoms with van der Waals surface area (Å²) in [6, 6.07) is 12.7. The van der Waals surface area contributed by atoms with Crippen LogP contribution in [-0.2, 0) is 14.6 Å². The molecule has 0 bridgehead atoms. The number of nitrogens with zero attached hydrogens (tertiary/aromatic N) is 3. The van der Waals surface area contributed by atoms with Crippen LogP contribution in [0.3, 0.4) is 0 Å². The highest BCUT2D eigenvalue weighted by molar-refractivity contribution is 7.90. The average Bonchev–Trinajstić information content (AvgIpc) is 2.81. The number of sulfone groups is 1. The SMILES string of the molecule is CS(=O)(=O)c1ccccc1Nc1nc(Nc2ccc3c(c2)OC[C@H]2COCCN32)ncc1Cl. The molecular formula is C22H22ClN5O4S. The van der Waals surface area contributed by atoms with Gasteiger partial charge in [0.25, 0.3) is 0 Å². The third-order valence-electron chi connectivity index (χ3n) is 5.47. The average molecular weight is 488 g/mol. The number of para-hydroxylation sites is 1. The fourth-order valence-corrected chi connectivity index (χ4v) is 4.89. The monoisotopic (exact) mass is 487 g/mol. The first-order chi connectivity index (χ1) is 15.9. The van der Waals surface area contributed by atoms with Crippen molar-refractivity contribution in [1.29, 1.82) is 0 Å². The Morgan fingerprint density at radius 3 is 2.85 bits per heavy atom. The molecule has 2 aliphatic rings. The number of benzene rings is 2. The van der Waals surface area contributed by atoms with E-state index in [9.17, 15) is 8.42 Å². The third-order valence-corrected chi connectivity index (χ3v) is 6.90. The van der Waals surface area contributed by atoms with E-state index >= 15 is 0 Å². The second-order valence-electron chi connectivity index (χ2n) is 7.82. The number of morpholine rings is 1. The maximum Gasteiger partial charge on any atom is 0.229 e. The van der Waals surface area contributed by atoms with Gasteiger partial charge in [-0.05, 0) is 24.3 Å². The first-order valence-electron chi connectivity index (χ1n) is 10.4. The maximum atomic E-state index is 12.1. The molecule has 0 aliphatic carbocycles. The number of ether oxygens (including phenoxy) is 2. The summed E-state index contributed by atoms with van der Waals surface area (Å²) in [5, 5.41) is 6.43. The quantitative estimate of drug-likeness (QED) is 0.558. The summed E-state index contributed by atoms with van der Waals surface area (Å²) in [4.78, 5) is 11.1. The zero-order valence-corrected chi connectivity index (χ0v) is 19.4. The lowest BCUT2D eigenvalue weighted by Crippen LogP contribution is -2.51. The molecule has 2 aromatic carbocycles. The molecule has 1 atom stereocenters. The van der Waals surface area contributed by atoms with Crippen molar-refractivity contribution in [3.8, 4) is 5.75 Å². The summed E-state index contributed by atoms with van der Waals surface area (Å²) in [6.45, 7) is 2.77. The second kappa shape index (κ2) is 8.69. The van der Waals surface area contributed by atoms with Crippen LogP contribution in [0.15, 0.2) is 53.6 Å². The van der Waals surface area contributed by atoms with E-state index in [1.165, 1.54) is 12.3 Å². The molecule has 0 saturated carbocycles. The molecule has 1 aromatic heterocycles. The molecule has 5 rings (SSSR count). The van der Waals surface area contributed by atoms with Crippen molar-refractivity contribution in [3.63, 3.8) is 0 Å². The minimum Gasteiger partial charge on any atom is -0.489 e. The van der Waals surface area contributed by atoms with E-state index in [0.29, 0.717) is 31.5 Å². The van der Waals surface area contributed by atoms with E-state index in [4.69, 9.17) is 21.1 Å². The van der Waals surface area contributed by atoms with Gasteiger partial charge in [0, 0.05) is 24.6 Å². The molecule has 0 radical (unpaired) electrons. The van der Waals surface area contributed by atoms with Crippen LogP contribution in [0.2, 0.25) is 5.02 Å². The van der Waals surface area contributed by atoms with Gasteiger partial charge in [-0.15, -0.1) is 0 Å². The lowest BCUT2D eigenvalue weighted by Gasteiger charge is -2.41. The van der Waals surface area contributed by atoms with Gasteiger partial charge in [0.1, 0.15) is 17.4 Å². The molecular weight excluding hydrogens is 466 g/mol. The molecule has 2 aliphatic heterocycles. The highest BCUT2D eigenvalue weighted by Crippen LogP contribution is 2.37. The van der Waals surface area contributed by atoms with Crippen molar-refractivity contribution in [2.24, 2.45) is 0 Å². The van der Waals surface area contributed by atoms with Crippen LogP contribution < -0.4 is 20.3 Å². The normalized spacial score (nSPS) is 17.5. The van der Waals surface area contributed by atoms with Crippen LogP contribution in [0.5, 0.6) is 5.75 Å². The van der Waals surface area contributed by atoms with Gasteiger partial charge in [-0.3, -0.25) is 0 Å². The number of hydrogen-bond acceptors (Lipinski definition) is 9. The number of anilines is 5. The molecule has 172 valence electrons. The second-order valence-corrected chi connectivity index (χ2v) is 10.2. The summed E-state index contributed by atoms with van der Waals surface area (Å²) >= 11 is 6.28. The van der Waals surface area contributed by atoms with Crippen LogP contribution in [0.4, 0.5) is 28.8 Å². The highest BCUT2D eigenvalue weighted by atomic mass is 35.5. The fourth-order valence-electron chi connectivity index (χ4n) is 3.91. The summed E-state index contributed by atoms with van der Waals surface area (Å²) in [5.41, 5.74) is 2.18. The van der Waals surface area contributed by atoms with Gasteiger partial charge in [0.05, 0.1) is 41.7 Å². The Labute approximate surface area is 196 Å². The molecule has 0 amide bonds. The van der Waals surface area contributed by atoms with Crippen molar-refractivity contribution in [2.45, 2.75) is 10.9 Å². The Morgan fingerprint density at radius 1 is 1.15 bits per heavy atom. The number of aromatic nitrogens is 2. The summed E-state index contributed by atoms with van der Waals surface area (Å²) in [7, 11) is -3.43. The summed E-state index contributed by atoms with van der Waals surface area (Å²) in [6.07, 6.45) is 2.61. The largest absolute Gasteiger partial charge is 0.489 e. The number of fused-ring (bicyclic) bond motifs is 3. The van der Waals surface area contributed by atoms with E-state index in [-0.39, 0.29) is 21.8 Å². The van der Waals surface area contributed by atoms with Crippen molar-refractivity contribution in [1.82, 2.24) is 9.97 Å². The Bertz CT molecular complexity index is 1300. The first kappa shape index (κ1) is 21.7. The Morgan fingerprint density at radius 2 is 2.00 bits per heavy atom. The van der Waals surface area contributed by atoms with Crippen molar-refractivity contribution < 1.29 is 17.9 Å². The van der Waals surface area contributed by atoms with Crippen molar-refractivity contribution in [2.75, 3.05) is 48.2 Å². The van der Waals surface area contributed by atoms with E-state index in [1.807, 2.05) is 18.2 Å². The summed E-state index contributed by atoms with van der Waals surface area (Å²) < 4.78 is 35.7. The van der Waals surface area contributed by atoms with Gasteiger partial charge < -0.3 is 25.0 Å². The minimum absolute atomic E-state index is 0.155. The Hall–Kier alpha value is -3.08. The lowest BCUT2D eigenvalue weighted by molar-refractivity contribution is 0.0705. The predicted molar refractivity (Wildman–Crippen MR) is 127 cm³/mol. The van der Waals surface area contributed by atoms with Gasteiger partial charge in [0.15, 0.2) is 15.7 Å². The fraction of sp³-hybridized carbons (Fsp3) is 0.273. The van der Waals surface area contributed by atoms with Gasteiger partial charge >= 0.3 is 0 Å². The van der Waals surface area contributed by atoms with Crippen LogP contribution in [0, 0.1) is 0 Å². The smallest absolute Gasteiger partial charge is 0.229 e.